The Labute approximate surface area is 129 Å². The number of hydrogen-bond donors (Lipinski definition) is 2. The summed E-state index contributed by atoms with van der Waals surface area (Å²) in [5, 5.41) is 5.49. The molecule has 1 heterocycles. The van der Waals surface area contributed by atoms with Gasteiger partial charge in [-0.15, -0.1) is 0 Å². The molecule has 1 aliphatic rings. The summed E-state index contributed by atoms with van der Waals surface area (Å²) in [6.45, 7) is 6.83. The summed E-state index contributed by atoms with van der Waals surface area (Å²) in [4.78, 5) is 25.9. The Morgan fingerprint density at radius 1 is 1.23 bits per heavy atom. The van der Waals surface area contributed by atoms with Crippen LogP contribution in [0, 0.1) is 11.2 Å². The van der Waals surface area contributed by atoms with E-state index in [1.54, 1.807) is 4.90 Å². The number of likely N-dealkylation sites (tertiary alicyclic amines) is 1. The number of carbonyl (C=O) groups is 2. The maximum atomic E-state index is 12.8. The number of carbonyl (C=O) groups excluding carboxylic acids is 2. The third kappa shape index (κ3) is 4.19. The van der Waals surface area contributed by atoms with Gasteiger partial charge in [0, 0.05) is 30.2 Å². The molecule has 1 atom stereocenters. The molecule has 2 rings (SSSR count). The van der Waals surface area contributed by atoms with Crippen molar-refractivity contribution in [1.29, 1.82) is 0 Å². The first-order valence-corrected chi connectivity index (χ1v) is 7.38. The lowest BCUT2D eigenvalue weighted by molar-refractivity contribution is -0.138. The number of amides is 3. The van der Waals surface area contributed by atoms with Crippen molar-refractivity contribution in [2.45, 2.75) is 33.2 Å². The molecular weight excluding hydrogens is 285 g/mol. The van der Waals surface area contributed by atoms with E-state index in [0.717, 1.165) is 6.42 Å². The summed E-state index contributed by atoms with van der Waals surface area (Å²) >= 11 is 0. The largest absolute Gasteiger partial charge is 0.340 e. The quantitative estimate of drug-likeness (QED) is 0.882. The molecule has 120 valence electrons. The van der Waals surface area contributed by atoms with E-state index in [2.05, 4.69) is 10.6 Å². The van der Waals surface area contributed by atoms with E-state index in [-0.39, 0.29) is 23.8 Å². The first kappa shape index (κ1) is 16.3. The minimum Gasteiger partial charge on any atom is -0.340 e. The van der Waals surface area contributed by atoms with E-state index in [1.807, 2.05) is 20.8 Å². The van der Waals surface area contributed by atoms with Crippen molar-refractivity contribution in [3.05, 3.63) is 30.1 Å². The van der Waals surface area contributed by atoms with Crippen LogP contribution in [0.25, 0.3) is 0 Å². The van der Waals surface area contributed by atoms with Crippen LogP contribution in [-0.4, -0.2) is 36.0 Å². The Morgan fingerprint density at radius 2 is 1.86 bits per heavy atom. The topological polar surface area (TPSA) is 61.4 Å². The van der Waals surface area contributed by atoms with Gasteiger partial charge in [0.15, 0.2) is 0 Å². The van der Waals surface area contributed by atoms with Crippen molar-refractivity contribution in [2.24, 2.45) is 5.41 Å². The maximum absolute atomic E-state index is 12.8. The zero-order valence-corrected chi connectivity index (χ0v) is 13.1. The van der Waals surface area contributed by atoms with Crippen LogP contribution in [0.1, 0.15) is 27.2 Å². The SMILES string of the molecule is CC(C)(C)C(=O)N1CC[C@H](NC(=O)Nc2ccc(F)cc2)C1. The molecule has 0 saturated carbocycles. The molecule has 1 saturated heterocycles. The van der Waals surface area contributed by atoms with Gasteiger partial charge in [0.1, 0.15) is 5.82 Å². The summed E-state index contributed by atoms with van der Waals surface area (Å²) in [7, 11) is 0. The van der Waals surface area contributed by atoms with Crippen molar-refractivity contribution in [3.63, 3.8) is 0 Å². The predicted octanol–water partition coefficient (Wildman–Crippen LogP) is 2.59. The van der Waals surface area contributed by atoms with Crippen LogP contribution in [0.4, 0.5) is 14.9 Å². The van der Waals surface area contributed by atoms with Gasteiger partial charge in [-0.25, -0.2) is 9.18 Å². The number of rotatable bonds is 2. The third-order valence-corrected chi connectivity index (χ3v) is 3.55. The van der Waals surface area contributed by atoms with Crippen LogP contribution >= 0.6 is 0 Å². The van der Waals surface area contributed by atoms with Crippen molar-refractivity contribution in [2.75, 3.05) is 18.4 Å². The fourth-order valence-electron chi connectivity index (χ4n) is 2.42. The maximum Gasteiger partial charge on any atom is 0.319 e. The third-order valence-electron chi connectivity index (χ3n) is 3.55. The number of benzene rings is 1. The summed E-state index contributed by atoms with van der Waals surface area (Å²) in [6.07, 6.45) is 0.735. The lowest BCUT2D eigenvalue weighted by Gasteiger charge is -2.25. The highest BCUT2D eigenvalue weighted by Crippen LogP contribution is 2.21. The van der Waals surface area contributed by atoms with E-state index in [9.17, 15) is 14.0 Å². The molecule has 3 amide bonds. The fraction of sp³-hybridized carbons (Fsp3) is 0.500. The molecule has 1 fully saturated rings. The first-order valence-electron chi connectivity index (χ1n) is 7.38. The monoisotopic (exact) mass is 307 g/mol. The van der Waals surface area contributed by atoms with Gasteiger partial charge < -0.3 is 15.5 Å². The Morgan fingerprint density at radius 3 is 2.45 bits per heavy atom. The standard InChI is InChI=1S/C16H22FN3O2/c1-16(2,3)14(21)20-9-8-13(10-20)19-15(22)18-12-6-4-11(17)5-7-12/h4-7,13H,8-10H2,1-3H3,(H2,18,19,22)/t13-/m0/s1. The van der Waals surface area contributed by atoms with Crippen LogP contribution in [0.15, 0.2) is 24.3 Å². The van der Waals surface area contributed by atoms with Crippen LogP contribution in [-0.2, 0) is 4.79 Å². The number of anilines is 1. The highest BCUT2D eigenvalue weighted by Gasteiger charge is 2.33. The van der Waals surface area contributed by atoms with E-state index >= 15 is 0 Å². The van der Waals surface area contributed by atoms with Gasteiger partial charge in [0.2, 0.25) is 5.91 Å². The van der Waals surface area contributed by atoms with Crippen molar-refractivity contribution >= 4 is 17.6 Å². The molecular formula is C16H22FN3O2. The molecule has 2 N–H and O–H groups in total. The number of nitrogens with zero attached hydrogens (tertiary/aromatic N) is 1. The van der Waals surface area contributed by atoms with Crippen LogP contribution in [0.5, 0.6) is 0 Å². The molecule has 0 aromatic heterocycles. The second-order valence-electron chi connectivity index (χ2n) is 6.59. The number of halogens is 1. The Bertz CT molecular complexity index is 552. The van der Waals surface area contributed by atoms with Gasteiger partial charge in [-0.1, -0.05) is 20.8 Å². The van der Waals surface area contributed by atoms with E-state index in [4.69, 9.17) is 0 Å². The van der Waals surface area contributed by atoms with Crippen molar-refractivity contribution in [1.82, 2.24) is 10.2 Å². The van der Waals surface area contributed by atoms with Gasteiger partial charge in [-0.2, -0.15) is 0 Å². The molecule has 5 nitrogen and oxygen atoms in total. The first-order chi connectivity index (χ1) is 10.3. The van der Waals surface area contributed by atoms with E-state index in [1.165, 1.54) is 24.3 Å². The van der Waals surface area contributed by atoms with Crippen LogP contribution < -0.4 is 10.6 Å². The van der Waals surface area contributed by atoms with Gasteiger partial charge >= 0.3 is 6.03 Å². The smallest absolute Gasteiger partial charge is 0.319 e. The lowest BCUT2D eigenvalue weighted by atomic mass is 9.95. The lowest BCUT2D eigenvalue weighted by Crippen LogP contribution is -2.43. The highest BCUT2D eigenvalue weighted by atomic mass is 19.1. The van der Waals surface area contributed by atoms with E-state index < -0.39 is 5.41 Å². The molecule has 0 unspecified atom stereocenters. The molecule has 0 bridgehead atoms. The summed E-state index contributed by atoms with van der Waals surface area (Å²) in [6, 6.07) is 5.16. The number of hydrogen-bond acceptors (Lipinski definition) is 2. The molecule has 1 aromatic carbocycles. The normalized spacial score (nSPS) is 18.2. The predicted molar refractivity (Wildman–Crippen MR) is 83.0 cm³/mol. The van der Waals surface area contributed by atoms with Crippen molar-refractivity contribution in [3.8, 4) is 0 Å². The van der Waals surface area contributed by atoms with Gasteiger partial charge in [-0.05, 0) is 30.7 Å². The second-order valence-corrected chi connectivity index (χ2v) is 6.59. The average Bonchev–Trinajstić information content (AvgIpc) is 2.87. The molecule has 1 aliphatic heterocycles. The highest BCUT2D eigenvalue weighted by molar-refractivity contribution is 5.89. The summed E-state index contributed by atoms with van der Waals surface area (Å²) in [5.74, 6) is -0.256. The zero-order valence-electron chi connectivity index (χ0n) is 13.1. The number of nitrogens with one attached hydrogen (secondary N) is 2. The number of urea groups is 1. The van der Waals surface area contributed by atoms with Gasteiger partial charge in [0.25, 0.3) is 0 Å². The van der Waals surface area contributed by atoms with Crippen LogP contribution in [0.2, 0.25) is 0 Å². The molecule has 0 aliphatic carbocycles. The minimum absolute atomic E-state index is 0.0632. The summed E-state index contributed by atoms with van der Waals surface area (Å²) in [5.41, 5.74) is 0.116. The second kappa shape index (κ2) is 6.34. The molecule has 0 spiro atoms. The Hall–Kier alpha value is -2.11. The fourth-order valence-corrected chi connectivity index (χ4v) is 2.42. The Balaban J connectivity index is 1.83. The van der Waals surface area contributed by atoms with Crippen LogP contribution in [0.3, 0.4) is 0 Å². The molecule has 0 radical (unpaired) electrons. The van der Waals surface area contributed by atoms with Gasteiger partial charge in [-0.3, -0.25) is 4.79 Å². The Kier molecular flexibility index (Phi) is 4.68. The molecule has 22 heavy (non-hydrogen) atoms. The van der Waals surface area contributed by atoms with Gasteiger partial charge in [0.05, 0.1) is 0 Å². The zero-order chi connectivity index (χ0) is 16.3. The van der Waals surface area contributed by atoms with E-state index in [0.29, 0.717) is 18.8 Å². The molecule has 6 heteroatoms. The minimum atomic E-state index is -0.411. The average molecular weight is 307 g/mol. The molecule has 1 aromatic rings. The summed E-state index contributed by atoms with van der Waals surface area (Å²) < 4.78 is 12.8. The van der Waals surface area contributed by atoms with Crippen molar-refractivity contribution < 1.29 is 14.0 Å².